The number of ether oxygens (including phenoxy) is 2. The van der Waals surface area contributed by atoms with E-state index in [1.807, 2.05) is 16.7 Å². The number of thioether (sulfide) groups is 1. The van der Waals surface area contributed by atoms with Crippen molar-refractivity contribution >= 4 is 44.5 Å². The molecule has 0 fully saturated rings. The summed E-state index contributed by atoms with van der Waals surface area (Å²) in [5.41, 5.74) is 1.58. The number of imidazole rings is 1. The Hall–Kier alpha value is -2.83. The fraction of sp³-hybridized carbons (Fsp3) is 0.304. The van der Waals surface area contributed by atoms with E-state index in [2.05, 4.69) is 35.5 Å². The summed E-state index contributed by atoms with van der Waals surface area (Å²) in [7, 11) is -1.11. The summed E-state index contributed by atoms with van der Waals surface area (Å²) in [6.07, 6.45) is 4.76. The molecule has 1 aromatic carbocycles. The Labute approximate surface area is 211 Å². The Kier molecular flexibility index (Phi) is 6.73. The Balaban J connectivity index is 1.84. The van der Waals surface area contributed by atoms with Crippen LogP contribution >= 0.6 is 23.1 Å². The molecule has 12 heteroatoms. The van der Waals surface area contributed by atoms with Crippen molar-refractivity contribution in [3.05, 3.63) is 47.6 Å². The molecular formula is C23H25FN4O4S3. The Morgan fingerprint density at radius 1 is 1.11 bits per heavy atom. The molecule has 1 N–H and O–H groups in total. The summed E-state index contributed by atoms with van der Waals surface area (Å²) >= 11 is 2.65. The van der Waals surface area contributed by atoms with Crippen molar-refractivity contribution in [1.82, 2.24) is 14.4 Å². The molecule has 0 saturated heterocycles. The largest absolute Gasteiger partial charge is 0.495 e. The highest BCUT2D eigenvalue weighted by atomic mass is 32.2. The van der Waals surface area contributed by atoms with Crippen LogP contribution in [-0.4, -0.2) is 41.8 Å². The lowest BCUT2D eigenvalue weighted by atomic mass is 10.1. The molecule has 0 amide bonds. The van der Waals surface area contributed by atoms with Crippen molar-refractivity contribution in [2.75, 3.05) is 18.9 Å². The lowest BCUT2D eigenvalue weighted by molar-refractivity contribution is 0.389. The third-order valence-corrected chi connectivity index (χ3v) is 8.74. The second-order valence-electron chi connectivity index (χ2n) is 8.63. The lowest BCUT2D eigenvalue weighted by Crippen LogP contribution is -2.13. The third kappa shape index (κ3) is 5.24. The van der Waals surface area contributed by atoms with Gasteiger partial charge in [-0.2, -0.15) is 0 Å². The maximum atomic E-state index is 15.1. The van der Waals surface area contributed by atoms with Gasteiger partial charge in [0.2, 0.25) is 0 Å². The molecule has 0 bridgehead atoms. The average molecular weight is 537 g/mol. The normalized spacial score (nSPS) is 12.2. The summed E-state index contributed by atoms with van der Waals surface area (Å²) in [6.45, 7) is 7.99. The fourth-order valence-electron chi connectivity index (χ4n) is 3.45. The lowest BCUT2D eigenvalue weighted by Gasteiger charge is -2.20. The Bertz CT molecular complexity index is 1510. The predicted molar refractivity (Wildman–Crippen MR) is 137 cm³/mol. The van der Waals surface area contributed by atoms with Crippen LogP contribution in [-0.2, 0) is 10.0 Å². The minimum atomic E-state index is -3.99. The number of aromatic nitrogens is 3. The van der Waals surface area contributed by atoms with Crippen molar-refractivity contribution in [1.29, 1.82) is 0 Å². The Morgan fingerprint density at radius 2 is 1.86 bits per heavy atom. The molecule has 4 rings (SSSR count). The molecule has 0 aliphatic carbocycles. The SMILES string of the molecule is COc1cc2ncc(-c3cc(F)c(OC)c(NS(=O)(=O)c4cnc(C)s4)c3)n2cc1SC(C)(C)C. The van der Waals surface area contributed by atoms with Gasteiger partial charge in [0.25, 0.3) is 10.0 Å². The first kappa shape index (κ1) is 25.3. The van der Waals surface area contributed by atoms with Crippen LogP contribution in [0.5, 0.6) is 11.5 Å². The van der Waals surface area contributed by atoms with E-state index >= 15 is 4.39 Å². The molecule has 35 heavy (non-hydrogen) atoms. The van der Waals surface area contributed by atoms with Gasteiger partial charge in [0.05, 0.1) is 47.9 Å². The van der Waals surface area contributed by atoms with E-state index in [9.17, 15) is 8.42 Å². The smallest absolute Gasteiger partial charge is 0.273 e. The summed E-state index contributed by atoms with van der Waals surface area (Å²) in [6, 6.07) is 4.63. The first-order chi connectivity index (χ1) is 16.4. The molecule has 0 atom stereocenters. The zero-order valence-corrected chi connectivity index (χ0v) is 22.5. The number of sulfonamides is 1. The van der Waals surface area contributed by atoms with Gasteiger partial charge >= 0.3 is 0 Å². The zero-order valence-electron chi connectivity index (χ0n) is 20.0. The maximum absolute atomic E-state index is 15.1. The number of halogens is 1. The van der Waals surface area contributed by atoms with Crippen LogP contribution in [0.4, 0.5) is 10.1 Å². The van der Waals surface area contributed by atoms with Crippen LogP contribution in [0.3, 0.4) is 0 Å². The second kappa shape index (κ2) is 9.32. The van der Waals surface area contributed by atoms with E-state index in [1.165, 1.54) is 25.4 Å². The van der Waals surface area contributed by atoms with Gasteiger partial charge in [-0.05, 0) is 19.1 Å². The number of aryl methyl sites for hydroxylation is 1. The molecule has 0 spiro atoms. The van der Waals surface area contributed by atoms with Gasteiger partial charge in [-0.25, -0.2) is 22.8 Å². The predicted octanol–water partition coefficient (Wildman–Crippen LogP) is 5.61. The molecule has 8 nitrogen and oxygen atoms in total. The van der Waals surface area contributed by atoms with Crippen LogP contribution in [0.25, 0.3) is 16.9 Å². The highest BCUT2D eigenvalue weighted by Crippen LogP contribution is 2.40. The molecule has 0 aliphatic rings. The molecule has 0 radical (unpaired) electrons. The zero-order chi connectivity index (χ0) is 25.5. The number of fused-ring (bicyclic) bond motifs is 1. The summed E-state index contributed by atoms with van der Waals surface area (Å²) in [4.78, 5) is 9.33. The number of thiazole rings is 1. The summed E-state index contributed by atoms with van der Waals surface area (Å²) in [5, 5.41) is 0.599. The number of benzene rings is 1. The van der Waals surface area contributed by atoms with E-state index in [4.69, 9.17) is 9.47 Å². The molecule has 3 heterocycles. The molecule has 4 aromatic rings. The number of nitrogens with zero attached hydrogens (tertiary/aromatic N) is 3. The Morgan fingerprint density at radius 3 is 2.46 bits per heavy atom. The van der Waals surface area contributed by atoms with Gasteiger partial charge in [-0.1, -0.05) is 20.8 Å². The summed E-state index contributed by atoms with van der Waals surface area (Å²) < 4.78 is 55.8. The van der Waals surface area contributed by atoms with E-state index in [0.29, 0.717) is 27.7 Å². The van der Waals surface area contributed by atoms with Crippen LogP contribution in [0.1, 0.15) is 25.8 Å². The van der Waals surface area contributed by atoms with E-state index in [-0.39, 0.29) is 20.4 Å². The second-order valence-corrected chi connectivity index (χ2v) is 13.6. The third-order valence-electron chi connectivity index (χ3n) is 4.86. The topological polar surface area (TPSA) is 94.8 Å². The van der Waals surface area contributed by atoms with Gasteiger partial charge in [-0.3, -0.25) is 9.12 Å². The highest BCUT2D eigenvalue weighted by Gasteiger charge is 2.23. The number of hydrogen-bond acceptors (Lipinski definition) is 8. The van der Waals surface area contributed by atoms with Crippen molar-refractivity contribution < 1.29 is 22.3 Å². The highest BCUT2D eigenvalue weighted by molar-refractivity contribution is 8.00. The quantitative estimate of drug-likeness (QED) is 0.307. The number of pyridine rings is 1. The van der Waals surface area contributed by atoms with E-state index < -0.39 is 15.8 Å². The first-order valence-corrected chi connectivity index (χ1v) is 13.6. The number of hydrogen-bond donors (Lipinski definition) is 1. The first-order valence-electron chi connectivity index (χ1n) is 10.5. The molecule has 0 unspecified atom stereocenters. The van der Waals surface area contributed by atoms with Crippen molar-refractivity contribution in [2.45, 2.75) is 41.5 Å². The van der Waals surface area contributed by atoms with Crippen molar-refractivity contribution in [2.24, 2.45) is 0 Å². The number of anilines is 1. The fourth-order valence-corrected chi connectivity index (χ4v) is 6.67. The van der Waals surface area contributed by atoms with Gasteiger partial charge in [0, 0.05) is 22.6 Å². The molecular weight excluding hydrogens is 511 g/mol. The van der Waals surface area contributed by atoms with E-state index in [1.54, 1.807) is 32.0 Å². The standard InChI is InChI=1S/C23H25FN4O4S3/c1-13-25-11-21(33-13)35(29,30)27-16-8-14(7-15(24)22(16)32-6)17-10-26-20-9-18(31-5)19(12-28(17)20)34-23(2,3)4/h7-12,27H,1-6H3. The molecule has 186 valence electrons. The average Bonchev–Trinajstić information content (AvgIpc) is 3.38. The van der Waals surface area contributed by atoms with Gasteiger partial charge in [-0.15, -0.1) is 23.1 Å². The van der Waals surface area contributed by atoms with Crippen LogP contribution < -0.4 is 14.2 Å². The maximum Gasteiger partial charge on any atom is 0.273 e. The van der Waals surface area contributed by atoms with Crippen LogP contribution in [0, 0.1) is 12.7 Å². The summed E-state index contributed by atoms with van der Waals surface area (Å²) in [5.74, 6) is -0.238. The number of nitrogens with one attached hydrogen (secondary N) is 1. The molecule has 0 saturated carbocycles. The van der Waals surface area contributed by atoms with Crippen molar-refractivity contribution in [3.8, 4) is 22.8 Å². The number of methoxy groups -OCH3 is 2. The van der Waals surface area contributed by atoms with Gasteiger partial charge in [0.15, 0.2) is 15.8 Å². The minimum absolute atomic E-state index is 0.0219. The number of rotatable bonds is 7. The van der Waals surface area contributed by atoms with Gasteiger partial charge < -0.3 is 9.47 Å². The van der Waals surface area contributed by atoms with Gasteiger partial charge in [0.1, 0.15) is 11.4 Å². The minimum Gasteiger partial charge on any atom is -0.495 e. The van der Waals surface area contributed by atoms with Crippen molar-refractivity contribution in [3.63, 3.8) is 0 Å². The molecule has 0 aliphatic heterocycles. The van der Waals surface area contributed by atoms with Crippen LogP contribution in [0.2, 0.25) is 0 Å². The van der Waals surface area contributed by atoms with Crippen LogP contribution in [0.15, 0.2) is 45.9 Å². The monoisotopic (exact) mass is 536 g/mol. The molecule has 3 aromatic heterocycles. The van der Waals surface area contributed by atoms with E-state index in [0.717, 1.165) is 16.2 Å².